The second-order valence-electron chi connectivity index (χ2n) is 2.04. The van der Waals surface area contributed by atoms with Gasteiger partial charge in [0.1, 0.15) is 0 Å². The predicted octanol–water partition coefficient (Wildman–Crippen LogP) is 0.977. The molecule has 0 unspecified atom stereocenters. The Kier molecular flexibility index (Phi) is 1.45. The summed E-state index contributed by atoms with van der Waals surface area (Å²) in [5.41, 5.74) is 2.49. The first-order valence-electron chi connectivity index (χ1n) is 3.07. The highest BCUT2D eigenvalue weighted by atomic mass is 32.1. The summed E-state index contributed by atoms with van der Waals surface area (Å²) in [6.07, 6.45) is 1.71. The lowest BCUT2D eigenvalue weighted by atomic mass is 10.4. The lowest BCUT2D eigenvalue weighted by molar-refractivity contribution is 1.04. The highest BCUT2D eigenvalue weighted by molar-refractivity contribution is 7.17. The summed E-state index contributed by atoms with van der Waals surface area (Å²) in [6.45, 7) is 0. The number of nitrogens with two attached hydrogens (primary N) is 1. The van der Waals surface area contributed by atoms with Gasteiger partial charge in [0.15, 0.2) is 5.82 Å². The number of nitrogens with zero attached hydrogens (tertiary/aromatic N) is 2. The number of thiophene rings is 1. The van der Waals surface area contributed by atoms with Crippen molar-refractivity contribution in [1.29, 1.82) is 0 Å². The van der Waals surface area contributed by atoms with Crippen molar-refractivity contribution in [3.63, 3.8) is 0 Å². The van der Waals surface area contributed by atoms with Gasteiger partial charge in [0.2, 0.25) is 0 Å². The van der Waals surface area contributed by atoms with Crippen LogP contribution in [0.2, 0.25) is 0 Å². The fraction of sp³-hybridized carbons (Fsp3) is 0. The number of nitrogen functional groups attached to an aromatic ring is 1. The molecule has 4 nitrogen and oxygen atoms in total. The zero-order valence-corrected chi connectivity index (χ0v) is 6.43. The SMILES string of the molecule is NNc1nncc2ccsc12. The maximum atomic E-state index is 5.23. The van der Waals surface area contributed by atoms with Crippen LogP contribution in [-0.4, -0.2) is 10.2 Å². The third-order valence-corrected chi connectivity index (χ3v) is 2.34. The van der Waals surface area contributed by atoms with Crippen LogP contribution in [0.4, 0.5) is 5.82 Å². The molecule has 11 heavy (non-hydrogen) atoms. The van der Waals surface area contributed by atoms with Crippen LogP contribution in [0.5, 0.6) is 0 Å². The highest BCUT2D eigenvalue weighted by Gasteiger charge is 2.00. The average molecular weight is 166 g/mol. The smallest absolute Gasteiger partial charge is 0.180 e. The number of fused-ring (bicyclic) bond motifs is 1. The molecule has 0 amide bonds. The maximum Gasteiger partial charge on any atom is 0.180 e. The largest absolute Gasteiger partial charge is 0.306 e. The molecule has 0 radical (unpaired) electrons. The van der Waals surface area contributed by atoms with Crippen LogP contribution in [-0.2, 0) is 0 Å². The second kappa shape index (κ2) is 2.44. The first-order chi connectivity index (χ1) is 5.42. The Morgan fingerprint density at radius 2 is 2.45 bits per heavy atom. The summed E-state index contributed by atoms with van der Waals surface area (Å²) in [7, 11) is 0. The Labute approximate surface area is 67.0 Å². The molecule has 0 aliphatic carbocycles. The second-order valence-corrected chi connectivity index (χ2v) is 2.96. The van der Waals surface area contributed by atoms with Crippen LogP contribution >= 0.6 is 11.3 Å². The Bertz CT molecular complexity index is 369. The Morgan fingerprint density at radius 1 is 1.55 bits per heavy atom. The first kappa shape index (κ1) is 6.51. The monoisotopic (exact) mass is 166 g/mol. The fourth-order valence-electron chi connectivity index (χ4n) is 0.902. The molecule has 3 N–H and O–H groups in total. The van der Waals surface area contributed by atoms with Crippen molar-refractivity contribution in [3.8, 4) is 0 Å². The van der Waals surface area contributed by atoms with Crippen molar-refractivity contribution < 1.29 is 0 Å². The Hall–Kier alpha value is -1.20. The van der Waals surface area contributed by atoms with E-state index in [2.05, 4.69) is 15.6 Å². The van der Waals surface area contributed by atoms with E-state index in [-0.39, 0.29) is 0 Å². The van der Waals surface area contributed by atoms with E-state index >= 15 is 0 Å². The molecule has 0 aliphatic heterocycles. The van der Waals surface area contributed by atoms with Crippen LogP contribution in [0.25, 0.3) is 10.1 Å². The summed E-state index contributed by atoms with van der Waals surface area (Å²) < 4.78 is 1.04. The minimum absolute atomic E-state index is 0.637. The summed E-state index contributed by atoms with van der Waals surface area (Å²) in [5.74, 6) is 5.87. The van der Waals surface area contributed by atoms with E-state index in [4.69, 9.17) is 5.84 Å². The molecule has 0 atom stereocenters. The number of hydrazine groups is 1. The first-order valence-corrected chi connectivity index (χ1v) is 3.95. The van der Waals surface area contributed by atoms with Crippen molar-refractivity contribution in [2.75, 3.05) is 5.43 Å². The van der Waals surface area contributed by atoms with Gasteiger partial charge in [-0.25, -0.2) is 5.84 Å². The van der Waals surface area contributed by atoms with Gasteiger partial charge in [-0.05, 0) is 11.4 Å². The Morgan fingerprint density at radius 3 is 3.27 bits per heavy atom. The third-order valence-electron chi connectivity index (χ3n) is 1.40. The molecule has 56 valence electrons. The third kappa shape index (κ3) is 0.941. The maximum absolute atomic E-state index is 5.23. The standard InChI is InChI=1S/C6H6N4S/c7-9-6-5-4(1-2-11-5)3-8-10-6/h1-3H,7H2,(H,9,10). The van der Waals surface area contributed by atoms with E-state index in [0.717, 1.165) is 10.1 Å². The molecule has 2 aromatic heterocycles. The number of hydrogen-bond acceptors (Lipinski definition) is 5. The molecule has 0 saturated carbocycles. The van der Waals surface area contributed by atoms with Crippen LogP contribution in [0, 0.1) is 0 Å². The zero-order chi connectivity index (χ0) is 7.68. The van der Waals surface area contributed by atoms with Crippen LogP contribution < -0.4 is 11.3 Å². The molecule has 5 heteroatoms. The normalized spacial score (nSPS) is 10.3. The van der Waals surface area contributed by atoms with Gasteiger partial charge in [-0.15, -0.1) is 16.4 Å². The molecule has 0 aliphatic rings. The molecular formula is C6H6N4S. The van der Waals surface area contributed by atoms with Gasteiger partial charge in [0, 0.05) is 5.39 Å². The van der Waals surface area contributed by atoms with Gasteiger partial charge < -0.3 is 5.43 Å². The molecule has 0 bridgehead atoms. The lowest BCUT2D eigenvalue weighted by Crippen LogP contribution is -2.08. The van der Waals surface area contributed by atoms with Gasteiger partial charge in [-0.2, -0.15) is 5.10 Å². The zero-order valence-electron chi connectivity index (χ0n) is 5.61. The minimum atomic E-state index is 0.637. The van der Waals surface area contributed by atoms with Gasteiger partial charge in [0.25, 0.3) is 0 Å². The summed E-state index contributed by atoms with van der Waals surface area (Å²) in [6, 6.07) is 1.98. The van der Waals surface area contributed by atoms with E-state index in [9.17, 15) is 0 Å². The molecule has 2 rings (SSSR count). The summed E-state index contributed by atoms with van der Waals surface area (Å²) in [4.78, 5) is 0. The minimum Gasteiger partial charge on any atom is -0.306 e. The van der Waals surface area contributed by atoms with Gasteiger partial charge in [-0.1, -0.05) is 0 Å². The summed E-state index contributed by atoms with van der Waals surface area (Å²) >= 11 is 1.59. The van der Waals surface area contributed by atoms with Crippen molar-refractivity contribution >= 4 is 27.2 Å². The average Bonchev–Trinajstić information content (AvgIpc) is 2.50. The van der Waals surface area contributed by atoms with E-state index in [0.29, 0.717) is 5.82 Å². The quantitative estimate of drug-likeness (QED) is 0.489. The van der Waals surface area contributed by atoms with Gasteiger partial charge in [0.05, 0.1) is 10.9 Å². The predicted molar refractivity (Wildman–Crippen MR) is 45.2 cm³/mol. The molecule has 0 fully saturated rings. The number of nitrogens with one attached hydrogen (secondary N) is 1. The Balaban J connectivity index is 2.79. The van der Waals surface area contributed by atoms with E-state index in [1.54, 1.807) is 17.5 Å². The van der Waals surface area contributed by atoms with Gasteiger partial charge in [-0.3, -0.25) is 0 Å². The highest BCUT2D eigenvalue weighted by Crippen LogP contribution is 2.24. The molecular weight excluding hydrogens is 160 g/mol. The number of aromatic nitrogens is 2. The van der Waals surface area contributed by atoms with Crippen molar-refractivity contribution in [2.24, 2.45) is 5.84 Å². The number of rotatable bonds is 1. The summed E-state index contributed by atoms with van der Waals surface area (Å²) in [5, 5.41) is 10.6. The number of hydrogen-bond donors (Lipinski definition) is 2. The molecule has 2 heterocycles. The van der Waals surface area contributed by atoms with E-state index < -0.39 is 0 Å². The van der Waals surface area contributed by atoms with E-state index in [1.807, 2.05) is 11.4 Å². The van der Waals surface area contributed by atoms with Crippen LogP contribution in [0.3, 0.4) is 0 Å². The molecule has 0 aromatic carbocycles. The van der Waals surface area contributed by atoms with Crippen molar-refractivity contribution in [1.82, 2.24) is 10.2 Å². The van der Waals surface area contributed by atoms with Crippen molar-refractivity contribution in [2.45, 2.75) is 0 Å². The van der Waals surface area contributed by atoms with Crippen molar-refractivity contribution in [3.05, 3.63) is 17.6 Å². The number of anilines is 1. The fourth-order valence-corrected chi connectivity index (χ4v) is 1.72. The topological polar surface area (TPSA) is 63.8 Å². The molecule has 2 aromatic rings. The molecule has 0 saturated heterocycles. The van der Waals surface area contributed by atoms with Gasteiger partial charge >= 0.3 is 0 Å². The van der Waals surface area contributed by atoms with E-state index in [1.165, 1.54) is 0 Å². The lowest BCUT2D eigenvalue weighted by Gasteiger charge is -1.96. The van der Waals surface area contributed by atoms with Crippen LogP contribution in [0.15, 0.2) is 17.6 Å². The molecule has 0 spiro atoms. The van der Waals surface area contributed by atoms with Crippen LogP contribution in [0.1, 0.15) is 0 Å².